The van der Waals surface area contributed by atoms with Gasteiger partial charge in [-0.25, -0.2) is 9.07 Å². The highest BCUT2D eigenvalue weighted by Gasteiger charge is 2.09. The molecule has 0 bridgehead atoms. The van der Waals surface area contributed by atoms with Crippen LogP contribution >= 0.6 is 11.3 Å². The third kappa shape index (κ3) is 3.75. The number of benzene rings is 1. The number of aryl methyl sites for hydroxylation is 1. The van der Waals surface area contributed by atoms with Gasteiger partial charge >= 0.3 is 0 Å². The van der Waals surface area contributed by atoms with Crippen LogP contribution in [0, 0.1) is 12.7 Å². The molecule has 0 saturated heterocycles. The first-order valence-corrected chi connectivity index (χ1v) is 8.03. The zero-order chi connectivity index (χ0) is 17.1. The fourth-order valence-electron chi connectivity index (χ4n) is 2.17. The predicted molar refractivity (Wildman–Crippen MR) is 91.6 cm³/mol. The molecule has 0 fully saturated rings. The van der Waals surface area contributed by atoms with Gasteiger partial charge in [0.05, 0.1) is 4.88 Å². The van der Waals surface area contributed by atoms with E-state index in [2.05, 4.69) is 10.4 Å². The lowest BCUT2D eigenvalue weighted by molar-refractivity contribution is -0.117. The number of halogens is 1. The molecule has 0 atom stereocenters. The Kier molecular flexibility index (Phi) is 4.52. The fraction of sp³-hybridized carbons (Fsp3) is 0.118. The SMILES string of the molecule is Cc1ccc(-c2ccc(=O)n(CC(=O)Nc3cccc(F)c3)n2)s1. The molecule has 0 unspecified atom stereocenters. The van der Waals surface area contributed by atoms with Gasteiger partial charge in [-0.3, -0.25) is 9.59 Å². The molecule has 0 aliphatic heterocycles. The molecule has 0 aliphatic carbocycles. The van der Waals surface area contributed by atoms with Crippen LogP contribution < -0.4 is 10.9 Å². The first-order valence-electron chi connectivity index (χ1n) is 7.22. The van der Waals surface area contributed by atoms with E-state index < -0.39 is 11.7 Å². The number of hydrogen-bond donors (Lipinski definition) is 1. The van der Waals surface area contributed by atoms with Crippen LogP contribution in [0.1, 0.15) is 4.88 Å². The summed E-state index contributed by atoms with van der Waals surface area (Å²) in [6, 6.07) is 12.5. The first kappa shape index (κ1) is 16.1. The molecular weight excluding hydrogens is 329 g/mol. The minimum Gasteiger partial charge on any atom is -0.324 e. The molecule has 2 aromatic heterocycles. The van der Waals surface area contributed by atoms with Gasteiger partial charge in [0.15, 0.2) is 0 Å². The Balaban J connectivity index is 1.79. The summed E-state index contributed by atoms with van der Waals surface area (Å²) in [6.07, 6.45) is 0. The van der Waals surface area contributed by atoms with Crippen LogP contribution in [0.15, 0.2) is 53.3 Å². The molecule has 122 valence electrons. The Hall–Kier alpha value is -2.80. The highest BCUT2D eigenvalue weighted by atomic mass is 32.1. The van der Waals surface area contributed by atoms with Crippen LogP contribution in [0.25, 0.3) is 10.6 Å². The van der Waals surface area contributed by atoms with Crippen molar-refractivity contribution >= 4 is 22.9 Å². The zero-order valence-corrected chi connectivity index (χ0v) is 13.6. The second-order valence-corrected chi connectivity index (χ2v) is 6.47. The number of amides is 1. The van der Waals surface area contributed by atoms with Gasteiger partial charge < -0.3 is 5.32 Å². The number of thiophene rings is 1. The summed E-state index contributed by atoms with van der Waals surface area (Å²) >= 11 is 1.56. The summed E-state index contributed by atoms with van der Waals surface area (Å²) in [6.45, 7) is 1.74. The molecule has 7 heteroatoms. The lowest BCUT2D eigenvalue weighted by Crippen LogP contribution is -2.29. The van der Waals surface area contributed by atoms with E-state index in [4.69, 9.17) is 0 Å². The number of carbonyl (C=O) groups excluding carboxylic acids is 1. The standard InChI is InChI=1S/C17H14FN3O2S/c1-11-5-7-15(24-11)14-6-8-17(23)21(20-14)10-16(22)19-13-4-2-3-12(18)9-13/h2-9H,10H2,1H3,(H,19,22). The topological polar surface area (TPSA) is 64.0 Å². The first-order chi connectivity index (χ1) is 11.5. The summed E-state index contributed by atoms with van der Waals surface area (Å²) in [4.78, 5) is 26.0. The Morgan fingerprint density at radius 3 is 2.79 bits per heavy atom. The lowest BCUT2D eigenvalue weighted by atomic mass is 10.3. The molecule has 3 rings (SSSR count). The molecule has 0 radical (unpaired) electrons. The van der Waals surface area contributed by atoms with Crippen LogP contribution in [0.5, 0.6) is 0 Å². The van der Waals surface area contributed by atoms with E-state index in [1.807, 2.05) is 19.1 Å². The van der Waals surface area contributed by atoms with Gasteiger partial charge in [-0.1, -0.05) is 6.07 Å². The van der Waals surface area contributed by atoms with Gasteiger partial charge in [-0.05, 0) is 43.3 Å². The summed E-state index contributed by atoms with van der Waals surface area (Å²) in [5.41, 5.74) is 0.589. The van der Waals surface area contributed by atoms with Crippen molar-refractivity contribution < 1.29 is 9.18 Å². The molecule has 0 saturated carbocycles. The van der Waals surface area contributed by atoms with Gasteiger partial charge in [0.2, 0.25) is 5.91 Å². The van der Waals surface area contributed by atoms with E-state index in [1.165, 1.54) is 24.3 Å². The minimum atomic E-state index is -0.449. The van der Waals surface area contributed by atoms with Crippen molar-refractivity contribution in [3.8, 4) is 10.6 Å². The average Bonchev–Trinajstić information content (AvgIpc) is 2.96. The molecular formula is C17H14FN3O2S. The number of nitrogens with one attached hydrogen (secondary N) is 1. The number of nitrogens with zero attached hydrogens (tertiary/aromatic N) is 2. The maximum atomic E-state index is 13.1. The minimum absolute atomic E-state index is 0.243. The summed E-state index contributed by atoms with van der Waals surface area (Å²) in [5.74, 6) is -0.895. The summed E-state index contributed by atoms with van der Waals surface area (Å²) in [5, 5.41) is 6.78. The van der Waals surface area contributed by atoms with E-state index in [9.17, 15) is 14.0 Å². The largest absolute Gasteiger partial charge is 0.324 e. The van der Waals surface area contributed by atoms with Crippen LogP contribution in [0.2, 0.25) is 0 Å². The van der Waals surface area contributed by atoms with Crippen LogP contribution in [0.3, 0.4) is 0 Å². The van der Waals surface area contributed by atoms with Crippen LogP contribution in [-0.2, 0) is 11.3 Å². The summed E-state index contributed by atoms with van der Waals surface area (Å²) in [7, 11) is 0. The molecule has 2 heterocycles. The Morgan fingerprint density at radius 2 is 2.08 bits per heavy atom. The van der Waals surface area contributed by atoms with Gasteiger partial charge in [0.1, 0.15) is 18.1 Å². The third-order valence-electron chi connectivity index (χ3n) is 3.26. The molecule has 0 spiro atoms. The molecule has 5 nitrogen and oxygen atoms in total. The predicted octanol–water partition coefficient (Wildman–Crippen LogP) is 3.06. The second-order valence-electron chi connectivity index (χ2n) is 5.18. The number of aromatic nitrogens is 2. The number of anilines is 1. The monoisotopic (exact) mass is 343 g/mol. The normalized spacial score (nSPS) is 10.6. The van der Waals surface area contributed by atoms with Crippen molar-refractivity contribution in [3.05, 3.63) is 69.6 Å². The molecule has 1 N–H and O–H groups in total. The van der Waals surface area contributed by atoms with E-state index in [-0.39, 0.29) is 12.1 Å². The Morgan fingerprint density at radius 1 is 1.25 bits per heavy atom. The van der Waals surface area contributed by atoms with Gasteiger partial charge in [0, 0.05) is 16.6 Å². The third-order valence-corrected chi connectivity index (χ3v) is 4.28. The smallest absolute Gasteiger partial charge is 0.267 e. The fourth-order valence-corrected chi connectivity index (χ4v) is 3.00. The summed E-state index contributed by atoms with van der Waals surface area (Å²) < 4.78 is 14.2. The van der Waals surface area contributed by atoms with E-state index >= 15 is 0 Å². The van der Waals surface area contributed by atoms with Gasteiger partial charge in [-0.2, -0.15) is 5.10 Å². The molecule has 0 aliphatic rings. The van der Waals surface area contributed by atoms with Crippen LogP contribution in [-0.4, -0.2) is 15.7 Å². The molecule has 1 amide bonds. The Labute approximate surface area is 141 Å². The van der Waals surface area contributed by atoms with Gasteiger partial charge in [0.25, 0.3) is 5.56 Å². The second kappa shape index (κ2) is 6.76. The van der Waals surface area contributed by atoms with Crippen molar-refractivity contribution in [1.82, 2.24) is 9.78 Å². The zero-order valence-electron chi connectivity index (χ0n) is 12.8. The molecule has 24 heavy (non-hydrogen) atoms. The highest BCUT2D eigenvalue weighted by molar-refractivity contribution is 7.15. The lowest BCUT2D eigenvalue weighted by Gasteiger charge is -2.07. The van der Waals surface area contributed by atoms with Gasteiger partial charge in [-0.15, -0.1) is 11.3 Å². The van der Waals surface area contributed by atoms with Crippen molar-refractivity contribution in [2.24, 2.45) is 0 Å². The maximum absolute atomic E-state index is 13.1. The van der Waals surface area contributed by atoms with Crippen molar-refractivity contribution in [2.45, 2.75) is 13.5 Å². The number of hydrogen-bond acceptors (Lipinski definition) is 4. The Bertz CT molecular complexity index is 949. The quantitative estimate of drug-likeness (QED) is 0.792. The van der Waals surface area contributed by atoms with Crippen LogP contribution in [0.4, 0.5) is 10.1 Å². The molecule has 3 aromatic rings. The van der Waals surface area contributed by atoms with Crippen molar-refractivity contribution in [2.75, 3.05) is 5.32 Å². The van der Waals surface area contributed by atoms with E-state index in [0.717, 1.165) is 14.4 Å². The highest BCUT2D eigenvalue weighted by Crippen LogP contribution is 2.24. The average molecular weight is 343 g/mol. The number of carbonyl (C=O) groups is 1. The number of rotatable bonds is 4. The van der Waals surface area contributed by atoms with E-state index in [1.54, 1.807) is 23.5 Å². The molecule has 1 aromatic carbocycles. The van der Waals surface area contributed by atoms with Crippen molar-refractivity contribution in [3.63, 3.8) is 0 Å². The van der Waals surface area contributed by atoms with Crippen molar-refractivity contribution in [1.29, 1.82) is 0 Å². The van der Waals surface area contributed by atoms with E-state index in [0.29, 0.717) is 11.4 Å². The maximum Gasteiger partial charge on any atom is 0.267 e.